The Balaban J connectivity index is 0.000000200. The summed E-state index contributed by atoms with van der Waals surface area (Å²) in [4.78, 5) is 53.4. The summed E-state index contributed by atoms with van der Waals surface area (Å²) in [6.45, 7) is 0. The molecule has 1 aliphatic rings. The summed E-state index contributed by atoms with van der Waals surface area (Å²) in [5, 5.41) is 16.5. The van der Waals surface area contributed by atoms with E-state index < -0.39 is 39.6 Å². The van der Waals surface area contributed by atoms with Gasteiger partial charge in [-0.25, -0.2) is 9.59 Å². The summed E-state index contributed by atoms with van der Waals surface area (Å²) in [6.07, 6.45) is 0.128. The SMILES string of the molecule is ClCCl.O=C(O)c1ccccc1P(c1ccccc1)c1ccccc1.O=C(ON1C(=O)CCC1=O)c1ccccc1P(c1ccccc1)c1ccccc1. The molecule has 1 N–H and O–H groups in total. The Morgan fingerprint density at radius 3 is 1.17 bits per heavy atom. The van der Waals surface area contributed by atoms with Gasteiger partial charge in [0.1, 0.15) is 0 Å². The Kier molecular flexibility index (Phi) is 15.1. The molecular weight excluding hydrogens is 759 g/mol. The zero-order valence-corrected chi connectivity index (χ0v) is 32.2. The van der Waals surface area contributed by atoms with Gasteiger partial charge in [0, 0.05) is 12.8 Å². The highest BCUT2D eigenvalue weighted by molar-refractivity contribution is 7.80. The molecule has 1 fully saturated rings. The Hall–Kier alpha value is -5.16. The highest BCUT2D eigenvalue weighted by Gasteiger charge is 2.34. The van der Waals surface area contributed by atoms with Crippen LogP contribution in [0.3, 0.4) is 0 Å². The molecule has 0 saturated carbocycles. The first-order valence-electron chi connectivity index (χ1n) is 16.8. The number of alkyl halides is 2. The molecule has 0 bridgehead atoms. The molecule has 7 rings (SSSR count). The number of hydrogen-bond acceptors (Lipinski definition) is 5. The first-order valence-corrected chi connectivity index (χ1v) is 20.5. The third-order valence-electron chi connectivity index (χ3n) is 7.98. The average Bonchev–Trinajstić information content (AvgIpc) is 3.53. The van der Waals surface area contributed by atoms with Crippen LogP contribution in [0, 0.1) is 0 Å². The van der Waals surface area contributed by atoms with Crippen LogP contribution >= 0.6 is 39.0 Å². The summed E-state index contributed by atoms with van der Waals surface area (Å²) in [6, 6.07) is 54.6. The van der Waals surface area contributed by atoms with Crippen molar-refractivity contribution in [2.75, 3.05) is 5.34 Å². The number of nitrogens with zero attached hydrogens (tertiary/aromatic N) is 1. The monoisotopic (exact) mass is 793 g/mol. The minimum atomic E-state index is -1.03. The van der Waals surface area contributed by atoms with Crippen LogP contribution in [0.1, 0.15) is 33.6 Å². The van der Waals surface area contributed by atoms with Gasteiger partial charge in [0.25, 0.3) is 11.8 Å². The number of carboxylic acids is 1. The molecule has 11 heteroatoms. The second-order valence-corrected chi connectivity index (χ2v) is 16.6. The standard InChI is InChI=1S/C23H18NO4P.C19H15O2P.CH2Cl2/c25-21-15-16-22(26)24(21)28-23(27)19-13-7-8-14-20(19)29(17-9-3-1-4-10-17)18-11-5-2-6-12-18;20-19(21)17-13-7-8-14-18(17)22(15-9-3-1-4-10-15)16-11-5-2-6-12-16;2-1-3/h1-14H,15-16H2;1-14H,(H,20,21);1H2. The van der Waals surface area contributed by atoms with Crippen molar-refractivity contribution in [3.05, 3.63) is 181 Å². The van der Waals surface area contributed by atoms with Crippen LogP contribution in [-0.4, -0.2) is 39.3 Å². The minimum Gasteiger partial charge on any atom is -0.478 e. The summed E-state index contributed by atoms with van der Waals surface area (Å²) in [7, 11) is -1.91. The molecule has 0 spiro atoms. The van der Waals surface area contributed by atoms with Crippen LogP contribution < -0.4 is 31.8 Å². The number of benzene rings is 6. The highest BCUT2D eigenvalue weighted by Crippen LogP contribution is 2.35. The van der Waals surface area contributed by atoms with Crippen molar-refractivity contribution in [2.45, 2.75) is 12.8 Å². The maximum absolute atomic E-state index is 12.9. The first kappa shape index (κ1) is 40.0. The van der Waals surface area contributed by atoms with Gasteiger partial charge >= 0.3 is 11.9 Å². The normalized spacial score (nSPS) is 12.0. The van der Waals surface area contributed by atoms with Crippen molar-refractivity contribution in [3.8, 4) is 0 Å². The van der Waals surface area contributed by atoms with Crippen molar-refractivity contribution in [1.82, 2.24) is 5.06 Å². The Labute approximate surface area is 326 Å². The van der Waals surface area contributed by atoms with Crippen molar-refractivity contribution in [1.29, 1.82) is 0 Å². The van der Waals surface area contributed by atoms with Gasteiger partial charge in [-0.1, -0.05) is 158 Å². The first-order chi connectivity index (χ1) is 26.3. The fraction of sp³-hybridized carbons (Fsp3) is 0.0698. The number of imide groups is 1. The molecule has 272 valence electrons. The maximum atomic E-state index is 12.9. The fourth-order valence-electron chi connectivity index (χ4n) is 5.64. The predicted molar refractivity (Wildman–Crippen MR) is 220 cm³/mol. The molecule has 6 aromatic carbocycles. The number of aromatic carboxylic acids is 1. The third-order valence-corrected chi connectivity index (χ3v) is 13.0. The van der Waals surface area contributed by atoms with E-state index in [9.17, 15) is 24.3 Å². The molecule has 2 amide bonds. The van der Waals surface area contributed by atoms with E-state index in [1.165, 1.54) is 0 Å². The number of rotatable bonds is 9. The van der Waals surface area contributed by atoms with Crippen molar-refractivity contribution in [2.24, 2.45) is 0 Å². The summed E-state index contributed by atoms with van der Waals surface area (Å²) < 4.78 is 0. The lowest BCUT2D eigenvalue weighted by molar-refractivity contribution is -0.172. The largest absolute Gasteiger partial charge is 0.478 e. The topological polar surface area (TPSA) is 101 Å². The second kappa shape index (κ2) is 20.3. The van der Waals surface area contributed by atoms with Gasteiger partial charge in [-0.3, -0.25) is 9.59 Å². The van der Waals surface area contributed by atoms with Gasteiger partial charge in [-0.15, -0.1) is 28.3 Å². The molecule has 0 aromatic heterocycles. The molecule has 1 aliphatic heterocycles. The number of halogens is 2. The minimum absolute atomic E-state index is 0.0640. The lowest BCUT2D eigenvalue weighted by Crippen LogP contribution is -2.34. The van der Waals surface area contributed by atoms with E-state index >= 15 is 0 Å². The number of carbonyl (C=O) groups is 4. The zero-order valence-electron chi connectivity index (χ0n) is 28.9. The van der Waals surface area contributed by atoms with Gasteiger partial charge in [-0.05, 0) is 59.8 Å². The van der Waals surface area contributed by atoms with Gasteiger partial charge in [0.15, 0.2) is 0 Å². The van der Waals surface area contributed by atoms with E-state index in [0.29, 0.717) is 16.2 Å². The van der Waals surface area contributed by atoms with Crippen LogP contribution in [0.25, 0.3) is 0 Å². The van der Waals surface area contributed by atoms with Crippen LogP contribution in [0.4, 0.5) is 0 Å². The van der Waals surface area contributed by atoms with E-state index in [2.05, 4.69) is 24.3 Å². The molecule has 6 aromatic rings. The Morgan fingerprint density at radius 2 is 0.815 bits per heavy atom. The van der Waals surface area contributed by atoms with E-state index in [4.69, 9.17) is 28.0 Å². The van der Waals surface area contributed by atoms with Crippen molar-refractivity contribution >= 4 is 94.6 Å². The number of carbonyl (C=O) groups excluding carboxylic acids is 3. The van der Waals surface area contributed by atoms with Crippen molar-refractivity contribution in [3.63, 3.8) is 0 Å². The zero-order chi connectivity index (χ0) is 38.3. The Bertz CT molecular complexity index is 2060. The predicted octanol–water partition coefficient (Wildman–Crippen LogP) is 7.23. The van der Waals surface area contributed by atoms with Gasteiger partial charge < -0.3 is 9.94 Å². The molecule has 1 saturated heterocycles. The molecule has 7 nitrogen and oxygen atoms in total. The van der Waals surface area contributed by atoms with Crippen molar-refractivity contribution < 1.29 is 29.1 Å². The van der Waals surface area contributed by atoms with Crippen LogP contribution in [0.5, 0.6) is 0 Å². The summed E-state index contributed by atoms with van der Waals surface area (Å²) in [5.74, 6) is -2.57. The maximum Gasteiger partial charge on any atom is 0.364 e. The lowest BCUT2D eigenvalue weighted by atomic mass is 10.2. The Morgan fingerprint density at radius 1 is 0.519 bits per heavy atom. The van der Waals surface area contributed by atoms with E-state index in [1.54, 1.807) is 24.3 Å². The third kappa shape index (κ3) is 10.3. The number of carboxylic acid groups (broad SMARTS) is 1. The molecule has 0 atom stereocenters. The smallest absolute Gasteiger partial charge is 0.364 e. The van der Waals surface area contributed by atoms with Gasteiger partial charge in [-0.2, -0.15) is 0 Å². The molecular formula is C43H35Cl2NO6P2. The van der Waals surface area contributed by atoms with Crippen LogP contribution in [-0.2, 0) is 14.4 Å². The van der Waals surface area contributed by atoms with Crippen LogP contribution in [0.2, 0.25) is 0 Å². The summed E-state index contributed by atoms with van der Waals surface area (Å²) in [5.41, 5.74) is 0.722. The van der Waals surface area contributed by atoms with E-state index in [0.717, 1.165) is 31.8 Å². The molecule has 1 heterocycles. The van der Waals surface area contributed by atoms with Crippen LogP contribution in [0.15, 0.2) is 170 Å². The number of amides is 2. The highest BCUT2D eigenvalue weighted by atomic mass is 35.5. The molecule has 0 unspecified atom stereocenters. The quantitative estimate of drug-likeness (QED) is 0.0943. The fourth-order valence-corrected chi connectivity index (χ4v) is 10.5. The van der Waals surface area contributed by atoms with E-state index in [-0.39, 0.29) is 18.2 Å². The average molecular weight is 795 g/mol. The second-order valence-electron chi connectivity index (χ2n) is 11.4. The summed E-state index contributed by atoms with van der Waals surface area (Å²) >= 11 is 9.53. The van der Waals surface area contributed by atoms with Gasteiger partial charge in [0.05, 0.1) is 16.5 Å². The molecule has 0 aliphatic carbocycles. The lowest BCUT2D eigenvalue weighted by Gasteiger charge is -2.22. The van der Waals surface area contributed by atoms with E-state index in [1.807, 2.05) is 121 Å². The van der Waals surface area contributed by atoms with Gasteiger partial charge in [0.2, 0.25) is 0 Å². The number of hydroxylamine groups is 2. The molecule has 54 heavy (non-hydrogen) atoms. The molecule has 0 radical (unpaired) electrons. The number of hydrogen-bond donors (Lipinski definition) is 1.